The van der Waals surface area contributed by atoms with E-state index in [0.717, 1.165) is 33.1 Å². The van der Waals surface area contributed by atoms with Gasteiger partial charge in [-0.05, 0) is 6.92 Å². The van der Waals surface area contributed by atoms with Crippen molar-refractivity contribution < 1.29 is 4.74 Å². The average molecular weight is 298 g/mol. The first kappa shape index (κ1) is 14.2. The van der Waals surface area contributed by atoms with Crippen molar-refractivity contribution in [3.8, 4) is 10.6 Å². The Morgan fingerprint density at radius 2 is 2.16 bits per heavy atom. The van der Waals surface area contributed by atoms with E-state index in [1.165, 1.54) is 0 Å². The number of rotatable bonds is 6. The molecule has 0 aromatic carbocycles. The van der Waals surface area contributed by atoms with E-state index in [0.29, 0.717) is 6.61 Å². The van der Waals surface area contributed by atoms with Gasteiger partial charge in [0.05, 0.1) is 22.9 Å². The Bertz CT molecular complexity index is 536. The van der Waals surface area contributed by atoms with E-state index >= 15 is 0 Å². The fraction of sp³-hybridized carbons (Fsp3) is 0.500. The summed E-state index contributed by atoms with van der Waals surface area (Å²) in [4.78, 5) is 12.3. The zero-order valence-electron chi connectivity index (χ0n) is 11.6. The fourth-order valence-electron chi connectivity index (χ4n) is 1.53. The van der Waals surface area contributed by atoms with Gasteiger partial charge in [0.2, 0.25) is 0 Å². The van der Waals surface area contributed by atoms with E-state index in [2.05, 4.69) is 20.7 Å². The summed E-state index contributed by atoms with van der Waals surface area (Å²) in [5, 5.41) is 7.24. The molecule has 0 unspecified atom stereocenters. The van der Waals surface area contributed by atoms with Crippen molar-refractivity contribution in [1.82, 2.24) is 9.97 Å². The van der Waals surface area contributed by atoms with Crippen LogP contribution in [-0.2, 0) is 4.74 Å². The van der Waals surface area contributed by atoms with E-state index in [-0.39, 0.29) is 0 Å². The molecule has 1 N–H and O–H groups in total. The first-order chi connectivity index (χ1) is 9.11. The third kappa shape index (κ3) is 3.43. The summed E-state index contributed by atoms with van der Waals surface area (Å²) in [6, 6.07) is 0. The van der Waals surface area contributed by atoms with Gasteiger partial charge in [-0.2, -0.15) is 0 Å². The Hall–Kier alpha value is -1.18. The van der Waals surface area contributed by atoms with E-state index in [1.807, 2.05) is 25.9 Å². The molecule has 5 nitrogen and oxygen atoms in total. The summed E-state index contributed by atoms with van der Waals surface area (Å²) in [5.74, 6) is 0. The third-order valence-corrected chi connectivity index (χ3v) is 4.63. The Labute approximate surface area is 121 Å². The van der Waals surface area contributed by atoms with Gasteiger partial charge in [-0.1, -0.05) is 11.3 Å². The number of aromatic nitrogens is 2. The molecule has 104 valence electrons. The minimum atomic E-state index is 0.680. The normalized spacial score (nSPS) is 10.7. The largest absolute Gasteiger partial charge is 0.383 e. The highest BCUT2D eigenvalue weighted by atomic mass is 32.1. The second kappa shape index (κ2) is 6.31. The Morgan fingerprint density at radius 1 is 1.37 bits per heavy atom. The molecular formula is C12H18N4OS2. The molecular weight excluding hydrogens is 280 g/mol. The van der Waals surface area contributed by atoms with Crippen LogP contribution in [0.1, 0.15) is 5.69 Å². The number of thiazole rings is 2. The predicted molar refractivity (Wildman–Crippen MR) is 82.7 cm³/mol. The molecule has 0 amide bonds. The highest BCUT2D eigenvalue weighted by Crippen LogP contribution is 2.35. The molecule has 0 radical (unpaired) electrons. The monoisotopic (exact) mass is 298 g/mol. The summed E-state index contributed by atoms with van der Waals surface area (Å²) in [7, 11) is 5.69. The molecule has 0 aliphatic heterocycles. The second-order valence-electron chi connectivity index (χ2n) is 4.26. The predicted octanol–water partition coefficient (Wildman–Crippen LogP) is 2.70. The van der Waals surface area contributed by atoms with Crippen LogP contribution in [0.15, 0.2) is 5.38 Å². The van der Waals surface area contributed by atoms with Crippen LogP contribution in [0.2, 0.25) is 0 Å². The summed E-state index contributed by atoms with van der Waals surface area (Å²) in [5.41, 5.74) is 2.02. The number of nitrogens with zero attached hydrogens (tertiary/aromatic N) is 3. The van der Waals surface area contributed by atoms with Crippen molar-refractivity contribution >= 4 is 32.9 Å². The van der Waals surface area contributed by atoms with E-state index < -0.39 is 0 Å². The Morgan fingerprint density at radius 3 is 2.79 bits per heavy atom. The van der Waals surface area contributed by atoms with E-state index in [1.54, 1.807) is 29.8 Å². The molecule has 0 saturated heterocycles. The molecule has 2 aromatic rings. The van der Waals surface area contributed by atoms with Gasteiger partial charge in [0, 0.05) is 33.1 Å². The Balaban J connectivity index is 2.13. The lowest BCUT2D eigenvalue weighted by Gasteiger charge is -2.04. The molecule has 0 spiro atoms. The summed E-state index contributed by atoms with van der Waals surface area (Å²) in [6.45, 7) is 3.48. The molecule has 2 heterocycles. The highest BCUT2D eigenvalue weighted by Gasteiger charge is 2.13. The fourth-order valence-corrected chi connectivity index (χ4v) is 3.29. The Kier molecular flexibility index (Phi) is 4.73. The first-order valence-electron chi connectivity index (χ1n) is 5.95. The molecule has 19 heavy (non-hydrogen) atoms. The van der Waals surface area contributed by atoms with Gasteiger partial charge in [0.1, 0.15) is 0 Å². The van der Waals surface area contributed by atoms with Crippen molar-refractivity contribution in [2.75, 3.05) is 44.6 Å². The standard InChI is InChI=1S/C12H18N4OS2/c1-8-10(19-12(14-8)16(2)3)9-7-18-11(15-9)13-5-6-17-4/h7H,5-6H2,1-4H3,(H,13,15). The molecule has 0 bridgehead atoms. The maximum atomic E-state index is 5.00. The lowest BCUT2D eigenvalue weighted by Crippen LogP contribution is -2.07. The first-order valence-corrected chi connectivity index (χ1v) is 7.65. The number of methoxy groups -OCH3 is 1. The second-order valence-corrected chi connectivity index (χ2v) is 6.10. The summed E-state index contributed by atoms with van der Waals surface area (Å²) < 4.78 is 5.00. The van der Waals surface area contributed by atoms with Gasteiger partial charge in [-0.3, -0.25) is 0 Å². The van der Waals surface area contributed by atoms with Crippen LogP contribution in [0, 0.1) is 6.92 Å². The average Bonchev–Trinajstić information content (AvgIpc) is 2.96. The van der Waals surface area contributed by atoms with Crippen LogP contribution < -0.4 is 10.2 Å². The molecule has 2 aromatic heterocycles. The van der Waals surface area contributed by atoms with Crippen molar-refractivity contribution in [2.24, 2.45) is 0 Å². The zero-order valence-corrected chi connectivity index (χ0v) is 13.2. The zero-order chi connectivity index (χ0) is 13.8. The van der Waals surface area contributed by atoms with E-state index in [4.69, 9.17) is 4.74 Å². The van der Waals surface area contributed by atoms with Crippen molar-refractivity contribution in [2.45, 2.75) is 6.92 Å². The van der Waals surface area contributed by atoms with Crippen LogP contribution in [0.4, 0.5) is 10.3 Å². The summed E-state index contributed by atoms with van der Waals surface area (Å²) in [6.07, 6.45) is 0. The molecule has 0 fully saturated rings. The molecule has 0 aliphatic carbocycles. The van der Waals surface area contributed by atoms with Gasteiger partial charge in [-0.15, -0.1) is 11.3 Å². The van der Waals surface area contributed by atoms with Crippen LogP contribution in [0.25, 0.3) is 10.6 Å². The SMILES string of the molecule is COCCNc1nc(-c2sc(N(C)C)nc2C)cs1. The number of aryl methyl sites for hydroxylation is 1. The molecule has 0 saturated carbocycles. The van der Waals surface area contributed by atoms with Crippen molar-refractivity contribution in [1.29, 1.82) is 0 Å². The third-order valence-electron chi connectivity index (χ3n) is 2.49. The number of hydrogen-bond donors (Lipinski definition) is 1. The number of hydrogen-bond acceptors (Lipinski definition) is 7. The molecule has 2 rings (SSSR count). The number of ether oxygens (including phenoxy) is 1. The minimum Gasteiger partial charge on any atom is -0.383 e. The van der Waals surface area contributed by atoms with Gasteiger partial charge >= 0.3 is 0 Å². The molecule has 7 heteroatoms. The van der Waals surface area contributed by atoms with Gasteiger partial charge < -0.3 is 15.0 Å². The highest BCUT2D eigenvalue weighted by molar-refractivity contribution is 7.19. The van der Waals surface area contributed by atoms with Gasteiger partial charge in [0.25, 0.3) is 0 Å². The van der Waals surface area contributed by atoms with Gasteiger partial charge in [0.15, 0.2) is 10.3 Å². The van der Waals surface area contributed by atoms with Crippen LogP contribution >= 0.6 is 22.7 Å². The lowest BCUT2D eigenvalue weighted by atomic mass is 10.3. The quantitative estimate of drug-likeness (QED) is 0.831. The molecule has 0 atom stereocenters. The van der Waals surface area contributed by atoms with Crippen LogP contribution in [-0.4, -0.2) is 44.3 Å². The minimum absolute atomic E-state index is 0.680. The topological polar surface area (TPSA) is 50.3 Å². The van der Waals surface area contributed by atoms with E-state index in [9.17, 15) is 0 Å². The van der Waals surface area contributed by atoms with Crippen molar-refractivity contribution in [3.63, 3.8) is 0 Å². The maximum Gasteiger partial charge on any atom is 0.185 e. The molecule has 0 aliphatic rings. The lowest BCUT2D eigenvalue weighted by molar-refractivity contribution is 0.211. The number of nitrogens with one attached hydrogen (secondary N) is 1. The van der Waals surface area contributed by atoms with Crippen molar-refractivity contribution in [3.05, 3.63) is 11.1 Å². The van der Waals surface area contributed by atoms with Crippen LogP contribution in [0.3, 0.4) is 0 Å². The smallest absolute Gasteiger partial charge is 0.185 e. The summed E-state index contributed by atoms with van der Waals surface area (Å²) >= 11 is 3.28. The number of anilines is 2. The van der Waals surface area contributed by atoms with Crippen LogP contribution in [0.5, 0.6) is 0 Å². The maximum absolute atomic E-state index is 5.00. The van der Waals surface area contributed by atoms with Gasteiger partial charge in [-0.25, -0.2) is 9.97 Å².